The van der Waals surface area contributed by atoms with Crippen molar-refractivity contribution in [3.8, 4) is 22.5 Å². The first-order chi connectivity index (χ1) is 31.3. The van der Waals surface area contributed by atoms with E-state index >= 15 is 0 Å². The molecule has 0 aliphatic carbocycles. The Morgan fingerprint density at radius 1 is 0.365 bits per heavy atom. The average molecular weight is 807 g/mol. The predicted molar refractivity (Wildman–Crippen MR) is 262 cm³/mol. The highest BCUT2D eigenvalue weighted by molar-refractivity contribution is 6.27. The number of rotatable bonds is 5. The highest BCUT2D eigenvalue weighted by Gasteiger charge is 2.28. The maximum absolute atomic E-state index is 5.43. The number of para-hydroxylation sites is 4. The van der Waals surface area contributed by atoms with Crippen molar-refractivity contribution in [2.24, 2.45) is 9.98 Å². The van der Waals surface area contributed by atoms with Crippen LogP contribution in [0.4, 0.5) is 0 Å². The van der Waals surface area contributed by atoms with Crippen molar-refractivity contribution in [3.05, 3.63) is 230 Å². The second kappa shape index (κ2) is 14.0. The number of nitrogens with zero attached hydrogens (tertiary/aromatic N) is 5. The largest absolute Gasteiger partial charge is 0.330 e. The van der Waals surface area contributed by atoms with Gasteiger partial charge in [0, 0.05) is 43.6 Å². The lowest BCUT2D eigenvalue weighted by atomic mass is 10.0. The van der Waals surface area contributed by atoms with Gasteiger partial charge in [-0.1, -0.05) is 176 Å². The Bertz CT molecular complexity index is 3800. The lowest BCUT2D eigenvalue weighted by Crippen LogP contribution is -2.37. The van der Waals surface area contributed by atoms with Crippen LogP contribution in [0.1, 0.15) is 17.3 Å². The van der Waals surface area contributed by atoms with Gasteiger partial charge < -0.3 is 14.5 Å². The number of nitrogens with one attached hydrogen (secondary N) is 1. The van der Waals surface area contributed by atoms with E-state index in [4.69, 9.17) is 9.98 Å². The van der Waals surface area contributed by atoms with E-state index in [2.05, 4.69) is 213 Å². The van der Waals surface area contributed by atoms with Gasteiger partial charge in [-0.15, -0.1) is 0 Å². The Kier molecular flexibility index (Phi) is 7.87. The number of fused-ring (bicyclic) bond motifs is 10. The molecule has 296 valence electrons. The smallest absolute Gasteiger partial charge is 0.212 e. The molecule has 0 amide bonds. The highest BCUT2D eigenvalue weighted by Crippen LogP contribution is 2.45. The Morgan fingerprint density at radius 2 is 0.857 bits per heavy atom. The van der Waals surface area contributed by atoms with E-state index < -0.39 is 0 Å². The summed E-state index contributed by atoms with van der Waals surface area (Å²) in [6.07, 6.45) is -0.362. The topological polar surface area (TPSA) is 51.5 Å². The Balaban J connectivity index is 1.21. The van der Waals surface area contributed by atoms with Crippen molar-refractivity contribution in [1.29, 1.82) is 0 Å². The van der Waals surface area contributed by atoms with Gasteiger partial charge in [0.1, 0.15) is 6.17 Å². The van der Waals surface area contributed by atoms with Crippen molar-refractivity contribution in [3.63, 3.8) is 0 Å². The molecular formula is C57H38N6. The molecule has 0 spiro atoms. The van der Waals surface area contributed by atoms with Gasteiger partial charge in [-0.25, -0.2) is 4.99 Å². The minimum atomic E-state index is -0.362. The van der Waals surface area contributed by atoms with E-state index in [1.807, 2.05) is 24.3 Å². The van der Waals surface area contributed by atoms with E-state index in [0.717, 1.165) is 88.8 Å². The summed E-state index contributed by atoms with van der Waals surface area (Å²) < 4.78 is 7.32. The van der Waals surface area contributed by atoms with Crippen LogP contribution in [0.2, 0.25) is 0 Å². The van der Waals surface area contributed by atoms with Crippen LogP contribution in [0.3, 0.4) is 0 Å². The molecule has 0 radical (unpaired) electrons. The van der Waals surface area contributed by atoms with Crippen molar-refractivity contribution < 1.29 is 0 Å². The molecule has 1 aliphatic rings. The molecule has 1 atom stereocenters. The predicted octanol–water partition coefficient (Wildman–Crippen LogP) is 13.6. The third-order valence-corrected chi connectivity index (χ3v) is 12.7. The van der Waals surface area contributed by atoms with Crippen LogP contribution >= 0.6 is 0 Å². The zero-order valence-corrected chi connectivity index (χ0v) is 34.1. The molecule has 3 aromatic heterocycles. The molecule has 63 heavy (non-hydrogen) atoms. The van der Waals surface area contributed by atoms with Crippen LogP contribution in [0.15, 0.2) is 228 Å². The number of hydrogen-bond acceptors (Lipinski definition) is 3. The summed E-state index contributed by atoms with van der Waals surface area (Å²) in [6, 6.07) is 78.1. The van der Waals surface area contributed by atoms with Gasteiger partial charge in [0.2, 0.25) is 5.96 Å². The molecule has 0 fully saturated rings. The maximum atomic E-state index is 5.43. The molecule has 12 aromatic rings. The number of aromatic nitrogens is 3. The van der Waals surface area contributed by atoms with Gasteiger partial charge in [0.15, 0.2) is 5.84 Å². The van der Waals surface area contributed by atoms with Crippen molar-refractivity contribution in [1.82, 2.24) is 19.0 Å². The molecule has 0 saturated heterocycles. The van der Waals surface area contributed by atoms with E-state index in [9.17, 15) is 0 Å². The third kappa shape index (κ3) is 5.45. The molecule has 6 nitrogen and oxygen atoms in total. The molecule has 1 aliphatic heterocycles. The van der Waals surface area contributed by atoms with Crippen LogP contribution in [-0.4, -0.2) is 25.5 Å². The fraction of sp³-hybridized carbons (Fsp3) is 0.0175. The van der Waals surface area contributed by atoms with Gasteiger partial charge in [-0.2, -0.15) is 4.99 Å². The van der Waals surface area contributed by atoms with Gasteiger partial charge in [-0.3, -0.25) is 4.57 Å². The minimum absolute atomic E-state index is 0.362. The Hall–Kier alpha value is -8.48. The van der Waals surface area contributed by atoms with Crippen LogP contribution in [-0.2, 0) is 0 Å². The molecule has 13 rings (SSSR count). The lowest BCUT2D eigenvalue weighted by molar-refractivity contribution is 0.661. The van der Waals surface area contributed by atoms with Crippen molar-refractivity contribution >= 4 is 77.2 Å². The molecule has 0 bridgehead atoms. The van der Waals surface area contributed by atoms with Crippen LogP contribution in [0.5, 0.6) is 0 Å². The van der Waals surface area contributed by atoms with E-state index in [1.165, 1.54) is 16.2 Å². The number of benzene rings is 9. The summed E-state index contributed by atoms with van der Waals surface area (Å²) in [6.45, 7) is 0. The normalized spacial score (nSPS) is 14.2. The van der Waals surface area contributed by atoms with E-state index in [0.29, 0.717) is 5.84 Å². The summed E-state index contributed by atoms with van der Waals surface area (Å²) >= 11 is 0. The summed E-state index contributed by atoms with van der Waals surface area (Å²) in [5.41, 5.74) is 13.2. The fourth-order valence-corrected chi connectivity index (χ4v) is 9.93. The number of hydrogen-bond donors (Lipinski definition) is 1. The zero-order valence-electron chi connectivity index (χ0n) is 34.1. The first-order valence-electron chi connectivity index (χ1n) is 21.5. The second-order valence-electron chi connectivity index (χ2n) is 16.2. The molecular weight excluding hydrogens is 769 g/mol. The quantitative estimate of drug-likeness (QED) is 0.185. The maximum Gasteiger partial charge on any atom is 0.212 e. The standard InChI is InChI=1S/C57H38N6/c1-5-19-37(20-6-1)40-35-47-44-29-15-16-30-48(44)61(41-25-11-4-12-26-41)52(47)51(36-40)62-49-31-17-13-27-42(49)45-33-34-46-43-28-14-18-32-50(43)63(54(46)53(45)62)57-59-55(38-21-7-2-8-22-38)58-56(60-57)39-23-9-3-10-24-39/h1-36,55H,(H,58,59,60). The van der Waals surface area contributed by atoms with Crippen LogP contribution < -0.4 is 5.32 Å². The molecule has 0 saturated carbocycles. The first-order valence-corrected chi connectivity index (χ1v) is 21.5. The van der Waals surface area contributed by atoms with Gasteiger partial charge >= 0.3 is 0 Å². The average Bonchev–Trinajstić information content (AvgIpc) is 4.01. The zero-order chi connectivity index (χ0) is 41.4. The summed E-state index contributed by atoms with van der Waals surface area (Å²) in [5.74, 6) is 1.40. The second-order valence-corrected chi connectivity index (χ2v) is 16.2. The van der Waals surface area contributed by atoms with Crippen LogP contribution in [0, 0.1) is 0 Å². The van der Waals surface area contributed by atoms with Gasteiger partial charge in [0.25, 0.3) is 0 Å². The minimum Gasteiger partial charge on any atom is -0.330 e. The molecule has 1 unspecified atom stereocenters. The Morgan fingerprint density at radius 3 is 1.49 bits per heavy atom. The molecule has 6 heteroatoms. The fourth-order valence-electron chi connectivity index (χ4n) is 9.93. The van der Waals surface area contributed by atoms with Crippen LogP contribution in [0.25, 0.3) is 87.9 Å². The molecule has 4 heterocycles. The molecule has 1 N–H and O–H groups in total. The summed E-state index contributed by atoms with van der Waals surface area (Å²) in [5, 5.41) is 10.9. The van der Waals surface area contributed by atoms with Crippen molar-refractivity contribution in [2.75, 3.05) is 0 Å². The summed E-state index contributed by atoms with van der Waals surface area (Å²) in [4.78, 5) is 10.7. The first kappa shape index (κ1) is 35.3. The van der Waals surface area contributed by atoms with E-state index in [-0.39, 0.29) is 6.17 Å². The molecule has 9 aromatic carbocycles. The number of amidine groups is 1. The van der Waals surface area contributed by atoms with Gasteiger partial charge in [0.05, 0.1) is 38.8 Å². The summed E-state index contributed by atoms with van der Waals surface area (Å²) in [7, 11) is 0. The lowest BCUT2D eigenvalue weighted by Gasteiger charge is -2.25. The number of aliphatic imine (C=N–C) groups is 2. The van der Waals surface area contributed by atoms with Gasteiger partial charge in [-0.05, 0) is 59.2 Å². The third-order valence-electron chi connectivity index (χ3n) is 12.7. The monoisotopic (exact) mass is 806 g/mol. The van der Waals surface area contributed by atoms with E-state index in [1.54, 1.807) is 0 Å². The highest BCUT2D eigenvalue weighted by atomic mass is 15.3. The SMILES string of the molecule is c1ccc(C2=NC(c3ccccc3)NC(n3c4ccccc4c4ccc5c6ccccc6n(-c6cc(-c7ccccc7)cc7c8ccccc8n(-c8ccccc8)c67)c5c43)=N2)cc1. The Labute approximate surface area is 362 Å². The van der Waals surface area contributed by atoms with Crippen molar-refractivity contribution in [2.45, 2.75) is 6.17 Å².